The van der Waals surface area contributed by atoms with Gasteiger partial charge in [0.15, 0.2) is 0 Å². The Hall–Kier alpha value is -2.61. The van der Waals surface area contributed by atoms with Crippen LogP contribution in [-0.4, -0.2) is 18.9 Å². The van der Waals surface area contributed by atoms with Crippen LogP contribution in [0.2, 0.25) is 0 Å². The molecule has 0 fully saturated rings. The molecule has 130 valence electrons. The zero-order valence-corrected chi connectivity index (χ0v) is 13.7. The predicted octanol–water partition coefficient (Wildman–Crippen LogP) is 4.44. The first-order chi connectivity index (χ1) is 11.7. The van der Waals surface area contributed by atoms with Gasteiger partial charge >= 0.3 is 15.6 Å². The summed E-state index contributed by atoms with van der Waals surface area (Å²) in [6, 6.07) is 13.4. The summed E-state index contributed by atoms with van der Waals surface area (Å²) in [5.41, 5.74) is -2.26. The lowest BCUT2D eigenvalue weighted by atomic mass is 10.0. The number of nitrogens with zero attached hydrogens (tertiary/aromatic N) is 1. The zero-order chi connectivity index (χ0) is 18.2. The first-order valence-electron chi connectivity index (χ1n) is 7.13. The van der Waals surface area contributed by atoms with E-state index in [2.05, 4.69) is 9.17 Å². The van der Waals surface area contributed by atoms with Crippen molar-refractivity contribution < 1.29 is 25.8 Å². The lowest BCUT2D eigenvalue weighted by Crippen LogP contribution is -2.28. The van der Waals surface area contributed by atoms with Gasteiger partial charge in [-0.05, 0) is 30.7 Å². The number of rotatable bonds is 3. The number of halogens is 3. The van der Waals surface area contributed by atoms with Crippen LogP contribution in [0.4, 0.5) is 13.2 Å². The van der Waals surface area contributed by atoms with Crippen LogP contribution in [0.5, 0.6) is 5.75 Å². The van der Waals surface area contributed by atoms with Gasteiger partial charge in [0.25, 0.3) is 0 Å². The smallest absolute Gasteiger partial charge is 0.376 e. The van der Waals surface area contributed by atoms with Crippen LogP contribution in [-0.2, 0) is 10.1 Å². The monoisotopic (exact) mass is 367 g/mol. The summed E-state index contributed by atoms with van der Waals surface area (Å²) >= 11 is 0. The third-order valence-corrected chi connectivity index (χ3v) is 4.51. The van der Waals surface area contributed by atoms with E-state index in [0.717, 1.165) is 28.8 Å². The molecule has 1 aromatic heterocycles. The molecular formula is C17H12F3NO3S. The van der Waals surface area contributed by atoms with E-state index < -0.39 is 21.4 Å². The van der Waals surface area contributed by atoms with Crippen molar-refractivity contribution in [2.45, 2.75) is 12.4 Å². The van der Waals surface area contributed by atoms with Crippen LogP contribution in [0.1, 0.15) is 5.56 Å². The first-order valence-corrected chi connectivity index (χ1v) is 8.54. The average molecular weight is 367 g/mol. The summed E-state index contributed by atoms with van der Waals surface area (Å²) in [7, 11) is -5.70. The number of fused-ring (bicyclic) bond motifs is 1. The van der Waals surface area contributed by atoms with Gasteiger partial charge in [0, 0.05) is 23.2 Å². The third kappa shape index (κ3) is 3.58. The number of aromatic nitrogens is 1. The van der Waals surface area contributed by atoms with Crippen LogP contribution in [0, 0.1) is 6.92 Å². The fourth-order valence-electron chi connectivity index (χ4n) is 2.23. The molecule has 3 rings (SSSR count). The normalized spacial score (nSPS) is 12.3. The minimum atomic E-state index is -5.70. The van der Waals surface area contributed by atoms with Gasteiger partial charge in [-0.3, -0.25) is 4.98 Å². The van der Waals surface area contributed by atoms with E-state index in [0.29, 0.717) is 10.9 Å². The molecule has 0 aliphatic heterocycles. The number of aryl methyl sites for hydroxylation is 1. The van der Waals surface area contributed by atoms with Gasteiger partial charge in [0.05, 0.1) is 5.52 Å². The highest BCUT2D eigenvalue weighted by Gasteiger charge is 2.48. The van der Waals surface area contributed by atoms with Crippen molar-refractivity contribution in [1.82, 2.24) is 4.98 Å². The molecule has 0 saturated heterocycles. The molecule has 8 heteroatoms. The Balaban J connectivity index is 1.95. The lowest BCUT2D eigenvalue weighted by Gasteiger charge is -2.10. The van der Waals surface area contributed by atoms with Gasteiger partial charge in [0.2, 0.25) is 0 Å². The van der Waals surface area contributed by atoms with Crippen molar-refractivity contribution >= 4 is 21.0 Å². The van der Waals surface area contributed by atoms with E-state index in [1.165, 1.54) is 6.07 Å². The minimum absolute atomic E-state index is 0.325. The van der Waals surface area contributed by atoms with Crippen molar-refractivity contribution in [2.75, 3.05) is 0 Å². The van der Waals surface area contributed by atoms with Crippen LogP contribution >= 0.6 is 0 Å². The SMILES string of the molecule is Cc1ccc(-c2cnc3cc(OS(=O)(=O)C(F)(F)F)ccc3c2)cc1. The molecule has 0 spiro atoms. The molecule has 0 aliphatic rings. The molecule has 1 heterocycles. The number of hydrogen-bond donors (Lipinski definition) is 0. The molecule has 25 heavy (non-hydrogen) atoms. The first kappa shape index (κ1) is 17.2. The standard InChI is InChI=1S/C17H12F3NO3S/c1-11-2-4-12(5-3-11)14-8-13-6-7-15(9-16(13)21-10-14)24-25(22,23)17(18,19)20/h2-10H,1H3. The second-order valence-electron chi connectivity index (χ2n) is 5.43. The fraction of sp³-hybridized carbons (Fsp3) is 0.118. The molecule has 0 bridgehead atoms. The minimum Gasteiger partial charge on any atom is -0.376 e. The van der Waals surface area contributed by atoms with Gasteiger partial charge in [-0.1, -0.05) is 29.8 Å². The molecule has 0 saturated carbocycles. The Kier molecular flexibility index (Phi) is 4.16. The summed E-state index contributed by atoms with van der Waals surface area (Å²) in [5.74, 6) is -0.444. The van der Waals surface area contributed by atoms with E-state index in [-0.39, 0.29) is 0 Å². The predicted molar refractivity (Wildman–Crippen MR) is 87.5 cm³/mol. The quantitative estimate of drug-likeness (QED) is 0.507. The van der Waals surface area contributed by atoms with E-state index in [1.54, 1.807) is 6.20 Å². The Morgan fingerprint density at radius 2 is 1.64 bits per heavy atom. The van der Waals surface area contributed by atoms with Crippen molar-refractivity contribution in [3.05, 3.63) is 60.3 Å². The molecule has 3 aromatic rings. The highest BCUT2D eigenvalue weighted by Crippen LogP contribution is 2.29. The molecule has 0 N–H and O–H groups in total. The lowest BCUT2D eigenvalue weighted by molar-refractivity contribution is -0.0500. The largest absolute Gasteiger partial charge is 0.534 e. The summed E-state index contributed by atoms with van der Waals surface area (Å²) in [6.07, 6.45) is 1.56. The summed E-state index contributed by atoms with van der Waals surface area (Å²) in [6.45, 7) is 1.97. The van der Waals surface area contributed by atoms with Crippen molar-refractivity contribution in [3.8, 4) is 16.9 Å². The topological polar surface area (TPSA) is 56.3 Å². The highest BCUT2D eigenvalue weighted by molar-refractivity contribution is 7.88. The van der Waals surface area contributed by atoms with E-state index in [1.807, 2.05) is 37.3 Å². The molecule has 4 nitrogen and oxygen atoms in total. The summed E-state index contributed by atoms with van der Waals surface area (Å²) in [5, 5.41) is 0.648. The molecule has 0 atom stereocenters. The molecular weight excluding hydrogens is 355 g/mol. The van der Waals surface area contributed by atoms with Gasteiger partial charge < -0.3 is 4.18 Å². The summed E-state index contributed by atoms with van der Waals surface area (Å²) in [4.78, 5) is 4.18. The molecule has 0 aliphatic carbocycles. The van der Waals surface area contributed by atoms with Crippen LogP contribution in [0.15, 0.2) is 54.7 Å². The Bertz CT molecular complexity index is 1030. The summed E-state index contributed by atoms with van der Waals surface area (Å²) < 4.78 is 63.3. The van der Waals surface area contributed by atoms with Gasteiger partial charge in [-0.15, -0.1) is 0 Å². The van der Waals surface area contributed by atoms with Crippen molar-refractivity contribution in [1.29, 1.82) is 0 Å². The third-order valence-electron chi connectivity index (χ3n) is 3.53. The number of pyridine rings is 1. The zero-order valence-electron chi connectivity index (χ0n) is 12.9. The van der Waals surface area contributed by atoms with E-state index >= 15 is 0 Å². The Morgan fingerprint density at radius 1 is 0.960 bits per heavy atom. The van der Waals surface area contributed by atoms with Crippen molar-refractivity contribution in [3.63, 3.8) is 0 Å². The maximum Gasteiger partial charge on any atom is 0.534 e. The maximum atomic E-state index is 12.4. The fourth-order valence-corrected chi connectivity index (χ4v) is 2.68. The Labute approximate surface area is 142 Å². The van der Waals surface area contributed by atoms with Gasteiger partial charge in [0.1, 0.15) is 5.75 Å². The van der Waals surface area contributed by atoms with Crippen LogP contribution in [0.25, 0.3) is 22.0 Å². The average Bonchev–Trinajstić information content (AvgIpc) is 2.54. The van der Waals surface area contributed by atoms with E-state index in [4.69, 9.17) is 0 Å². The Morgan fingerprint density at radius 3 is 2.28 bits per heavy atom. The van der Waals surface area contributed by atoms with E-state index in [9.17, 15) is 21.6 Å². The molecule has 0 unspecified atom stereocenters. The second-order valence-corrected chi connectivity index (χ2v) is 6.97. The van der Waals surface area contributed by atoms with Gasteiger partial charge in [-0.2, -0.15) is 21.6 Å². The second kappa shape index (κ2) is 6.03. The number of hydrogen-bond acceptors (Lipinski definition) is 4. The maximum absolute atomic E-state index is 12.4. The van der Waals surface area contributed by atoms with Crippen LogP contribution < -0.4 is 4.18 Å². The molecule has 2 aromatic carbocycles. The van der Waals surface area contributed by atoms with Gasteiger partial charge in [-0.25, -0.2) is 0 Å². The van der Waals surface area contributed by atoms with Crippen LogP contribution in [0.3, 0.4) is 0 Å². The highest BCUT2D eigenvalue weighted by atomic mass is 32.2. The molecule has 0 radical (unpaired) electrons. The van der Waals surface area contributed by atoms with Crippen molar-refractivity contribution in [2.24, 2.45) is 0 Å². The number of alkyl halides is 3. The molecule has 0 amide bonds. The number of benzene rings is 2.